The van der Waals surface area contributed by atoms with Crippen molar-refractivity contribution in [3.63, 3.8) is 0 Å². The van der Waals surface area contributed by atoms with Crippen LogP contribution in [0.2, 0.25) is 0 Å². The molecule has 1 aromatic carbocycles. The first-order valence-corrected chi connectivity index (χ1v) is 7.60. The first-order chi connectivity index (χ1) is 11.3. The molecule has 0 amide bonds. The predicted octanol–water partition coefficient (Wildman–Crippen LogP) is 3.68. The molecule has 4 nitrogen and oxygen atoms in total. The van der Waals surface area contributed by atoms with Crippen LogP contribution in [-0.2, 0) is 6.42 Å². The van der Waals surface area contributed by atoms with Crippen LogP contribution >= 0.6 is 0 Å². The van der Waals surface area contributed by atoms with Crippen molar-refractivity contribution in [3.8, 4) is 11.3 Å². The Hall–Kier alpha value is -3.01. The van der Waals surface area contributed by atoms with Gasteiger partial charge in [-0.25, -0.2) is 4.98 Å². The fourth-order valence-corrected chi connectivity index (χ4v) is 2.98. The molecule has 0 spiro atoms. The Kier molecular flexibility index (Phi) is 3.35. The number of hydrogen-bond acceptors (Lipinski definition) is 3. The zero-order valence-corrected chi connectivity index (χ0v) is 12.5. The Balaban J connectivity index is 1.77. The van der Waals surface area contributed by atoms with Gasteiger partial charge in [0.05, 0.1) is 18.2 Å². The highest BCUT2D eigenvalue weighted by Gasteiger charge is 2.23. The molecule has 1 N–H and O–H groups in total. The van der Waals surface area contributed by atoms with Crippen molar-refractivity contribution in [2.24, 2.45) is 0 Å². The van der Waals surface area contributed by atoms with E-state index in [1.54, 1.807) is 18.7 Å². The number of imidazole rings is 1. The number of H-pyrrole nitrogens is 1. The predicted molar refractivity (Wildman–Crippen MR) is 88.9 cm³/mol. The average Bonchev–Trinajstić information content (AvgIpc) is 3.12. The van der Waals surface area contributed by atoms with Gasteiger partial charge in [0.25, 0.3) is 0 Å². The molecule has 0 aliphatic heterocycles. The minimum atomic E-state index is 0.0336. The van der Waals surface area contributed by atoms with E-state index in [0.29, 0.717) is 5.69 Å². The molecular formula is C19H15N3O. The van der Waals surface area contributed by atoms with Gasteiger partial charge in [-0.2, -0.15) is 0 Å². The van der Waals surface area contributed by atoms with Crippen LogP contribution in [0.25, 0.3) is 17.3 Å². The van der Waals surface area contributed by atoms with Gasteiger partial charge in [0.1, 0.15) is 5.69 Å². The molecule has 4 heteroatoms. The molecule has 1 aliphatic rings. The van der Waals surface area contributed by atoms with E-state index in [1.165, 1.54) is 0 Å². The number of fused-ring (bicyclic) bond motifs is 1. The second-order valence-corrected chi connectivity index (χ2v) is 5.56. The van der Waals surface area contributed by atoms with Gasteiger partial charge < -0.3 is 4.98 Å². The highest BCUT2D eigenvalue weighted by atomic mass is 16.1. The number of nitrogens with zero attached hydrogens (tertiary/aromatic N) is 2. The number of benzene rings is 1. The SMILES string of the molecule is O=C1/C(=C/c2ccccc2-c2cnc[nH]2)CCc2cccnc21. The van der Waals surface area contributed by atoms with Crippen molar-refractivity contribution >= 4 is 11.9 Å². The lowest BCUT2D eigenvalue weighted by atomic mass is 9.88. The molecule has 3 aromatic rings. The monoisotopic (exact) mass is 301 g/mol. The molecule has 0 fully saturated rings. The third-order valence-electron chi connectivity index (χ3n) is 4.14. The van der Waals surface area contributed by atoms with Crippen molar-refractivity contribution in [1.82, 2.24) is 15.0 Å². The fraction of sp³-hybridized carbons (Fsp3) is 0.105. The van der Waals surface area contributed by atoms with E-state index >= 15 is 0 Å². The lowest BCUT2D eigenvalue weighted by molar-refractivity contribution is 0.102. The van der Waals surface area contributed by atoms with Crippen LogP contribution in [-0.4, -0.2) is 20.7 Å². The van der Waals surface area contributed by atoms with Crippen molar-refractivity contribution in [2.45, 2.75) is 12.8 Å². The molecule has 0 saturated carbocycles. The highest BCUT2D eigenvalue weighted by Crippen LogP contribution is 2.28. The summed E-state index contributed by atoms with van der Waals surface area (Å²) in [6, 6.07) is 11.9. The molecular weight excluding hydrogens is 286 g/mol. The topological polar surface area (TPSA) is 58.6 Å². The second kappa shape index (κ2) is 5.65. The van der Waals surface area contributed by atoms with E-state index in [1.807, 2.05) is 42.5 Å². The number of allylic oxidation sites excluding steroid dienone is 1. The van der Waals surface area contributed by atoms with Crippen molar-refractivity contribution in [3.05, 3.63) is 77.5 Å². The summed E-state index contributed by atoms with van der Waals surface area (Å²) >= 11 is 0. The van der Waals surface area contributed by atoms with Crippen LogP contribution in [0.4, 0.5) is 0 Å². The number of carbonyl (C=O) groups is 1. The van der Waals surface area contributed by atoms with E-state index in [9.17, 15) is 4.79 Å². The molecule has 1 aliphatic carbocycles. The number of aromatic amines is 1. The normalized spacial score (nSPS) is 15.7. The number of hydrogen-bond donors (Lipinski definition) is 1. The van der Waals surface area contributed by atoms with Gasteiger partial charge in [-0.1, -0.05) is 30.3 Å². The number of aromatic nitrogens is 3. The number of nitrogens with one attached hydrogen (secondary N) is 1. The number of rotatable bonds is 2. The standard InChI is InChI=1S/C19H15N3O/c23-19-15(8-7-13-5-3-9-21-18(13)19)10-14-4-1-2-6-16(14)17-11-20-12-22-17/h1-6,9-12H,7-8H2,(H,20,22)/b15-10+. The molecule has 0 unspecified atom stereocenters. The lowest BCUT2D eigenvalue weighted by Crippen LogP contribution is -2.15. The van der Waals surface area contributed by atoms with Crippen LogP contribution in [0.5, 0.6) is 0 Å². The second-order valence-electron chi connectivity index (χ2n) is 5.56. The van der Waals surface area contributed by atoms with Crippen LogP contribution < -0.4 is 0 Å². The molecule has 0 saturated heterocycles. The molecule has 0 bridgehead atoms. The van der Waals surface area contributed by atoms with Crippen molar-refractivity contribution < 1.29 is 4.79 Å². The molecule has 23 heavy (non-hydrogen) atoms. The maximum Gasteiger partial charge on any atom is 0.207 e. The van der Waals surface area contributed by atoms with Crippen LogP contribution in [0, 0.1) is 0 Å². The zero-order chi connectivity index (χ0) is 15.6. The summed E-state index contributed by atoms with van der Waals surface area (Å²) in [7, 11) is 0. The molecule has 0 atom stereocenters. The third-order valence-corrected chi connectivity index (χ3v) is 4.14. The minimum Gasteiger partial charge on any atom is -0.345 e. The largest absolute Gasteiger partial charge is 0.345 e. The lowest BCUT2D eigenvalue weighted by Gasteiger charge is -2.16. The Morgan fingerprint density at radius 2 is 2.00 bits per heavy atom. The first kappa shape index (κ1) is 13.6. The minimum absolute atomic E-state index is 0.0336. The Morgan fingerprint density at radius 3 is 2.87 bits per heavy atom. The Morgan fingerprint density at radius 1 is 1.09 bits per heavy atom. The number of aryl methyl sites for hydroxylation is 1. The van der Waals surface area contributed by atoms with Crippen molar-refractivity contribution in [2.75, 3.05) is 0 Å². The van der Waals surface area contributed by atoms with Gasteiger partial charge in [-0.05, 0) is 36.1 Å². The van der Waals surface area contributed by atoms with Gasteiger partial charge in [-0.15, -0.1) is 0 Å². The van der Waals surface area contributed by atoms with Gasteiger partial charge >= 0.3 is 0 Å². The summed E-state index contributed by atoms with van der Waals surface area (Å²) in [5.41, 5.74) is 5.43. The van der Waals surface area contributed by atoms with Gasteiger partial charge in [-0.3, -0.25) is 9.78 Å². The number of carbonyl (C=O) groups excluding carboxylic acids is 1. The maximum atomic E-state index is 12.7. The van der Waals surface area contributed by atoms with E-state index in [2.05, 4.69) is 15.0 Å². The quantitative estimate of drug-likeness (QED) is 0.734. The molecule has 2 heterocycles. The average molecular weight is 301 g/mol. The van der Waals surface area contributed by atoms with Crippen LogP contribution in [0.15, 0.2) is 60.7 Å². The van der Waals surface area contributed by atoms with Crippen molar-refractivity contribution in [1.29, 1.82) is 0 Å². The summed E-state index contributed by atoms with van der Waals surface area (Å²) in [5.74, 6) is 0.0336. The van der Waals surface area contributed by atoms with Crippen LogP contribution in [0.3, 0.4) is 0 Å². The van der Waals surface area contributed by atoms with Gasteiger partial charge in [0.2, 0.25) is 5.78 Å². The molecule has 112 valence electrons. The number of pyridine rings is 1. The van der Waals surface area contributed by atoms with Gasteiger partial charge in [0, 0.05) is 17.3 Å². The van der Waals surface area contributed by atoms with E-state index in [-0.39, 0.29) is 5.78 Å². The fourth-order valence-electron chi connectivity index (χ4n) is 2.98. The number of ketones is 1. The summed E-state index contributed by atoms with van der Waals surface area (Å²) in [5, 5.41) is 0. The molecule has 4 rings (SSSR count). The summed E-state index contributed by atoms with van der Waals surface area (Å²) < 4.78 is 0. The zero-order valence-electron chi connectivity index (χ0n) is 12.5. The third kappa shape index (κ3) is 2.48. The maximum absolute atomic E-state index is 12.7. The van der Waals surface area contributed by atoms with Gasteiger partial charge in [0.15, 0.2) is 0 Å². The molecule has 0 radical (unpaired) electrons. The highest BCUT2D eigenvalue weighted by molar-refractivity contribution is 6.12. The summed E-state index contributed by atoms with van der Waals surface area (Å²) in [4.78, 5) is 24.1. The summed E-state index contributed by atoms with van der Waals surface area (Å²) in [6.45, 7) is 0. The van der Waals surface area contributed by atoms with Crippen LogP contribution in [0.1, 0.15) is 28.0 Å². The van der Waals surface area contributed by atoms with E-state index < -0.39 is 0 Å². The number of Topliss-reactive ketones (excluding diaryl/α,β-unsaturated/α-hetero) is 1. The Labute approximate surface area is 133 Å². The Bertz CT molecular complexity index is 894. The smallest absolute Gasteiger partial charge is 0.207 e. The first-order valence-electron chi connectivity index (χ1n) is 7.60. The van der Waals surface area contributed by atoms with E-state index in [0.717, 1.165) is 40.8 Å². The summed E-state index contributed by atoms with van der Waals surface area (Å²) in [6.07, 6.45) is 8.71. The molecule has 2 aromatic heterocycles. The van der Waals surface area contributed by atoms with E-state index in [4.69, 9.17) is 0 Å².